The lowest BCUT2D eigenvalue weighted by Gasteiger charge is -2.20. The van der Waals surface area contributed by atoms with Gasteiger partial charge in [-0.3, -0.25) is 0 Å². The van der Waals surface area contributed by atoms with Crippen molar-refractivity contribution < 1.29 is 18.0 Å². The van der Waals surface area contributed by atoms with Gasteiger partial charge in [0.25, 0.3) is 0 Å². The fraction of sp³-hybridized carbons (Fsp3) is 0.353. The molecule has 122 valence electrons. The Balaban J connectivity index is 1.57. The standard InChI is InChI=1S/C17H17F2NO2S/c1-11-6-7-16(21-11)15-8-17(2,22-20-15)10-23-9-12-13(18)4-3-5-14(12)19/h3-7H,8-10H2,1-2H3. The molecule has 23 heavy (non-hydrogen) atoms. The molecule has 0 bridgehead atoms. The second kappa shape index (κ2) is 6.35. The van der Waals surface area contributed by atoms with Gasteiger partial charge in [0, 0.05) is 23.5 Å². The van der Waals surface area contributed by atoms with Crippen molar-refractivity contribution >= 4 is 17.5 Å². The third kappa shape index (κ3) is 3.58. The van der Waals surface area contributed by atoms with Crippen LogP contribution in [0.1, 0.15) is 30.4 Å². The zero-order valence-corrected chi connectivity index (χ0v) is 13.8. The highest BCUT2D eigenvalue weighted by atomic mass is 32.2. The molecule has 0 saturated heterocycles. The van der Waals surface area contributed by atoms with Crippen LogP contribution < -0.4 is 0 Å². The number of hydrogen-bond acceptors (Lipinski definition) is 4. The smallest absolute Gasteiger partial charge is 0.152 e. The van der Waals surface area contributed by atoms with Gasteiger partial charge in [0.2, 0.25) is 0 Å². The molecule has 0 spiro atoms. The van der Waals surface area contributed by atoms with E-state index in [0.29, 0.717) is 17.9 Å². The van der Waals surface area contributed by atoms with Gasteiger partial charge in [-0.2, -0.15) is 11.8 Å². The number of benzene rings is 1. The van der Waals surface area contributed by atoms with Crippen molar-refractivity contribution in [2.45, 2.75) is 31.6 Å². The van der Waals surface area contributed by atoms with Crippen LogP contribution in [0.25, 0.3) is 0 Å². The average Bonchev–Trinajstić information content (AvgIpc) is 3.09. The number of hydrogen-bond donors (Lipinski definition) is 0. The van der Waals surface area contributed by atoms with Gasteiger partial charge in [0.15, 0.2) is 5.76 Å². The van der Waals surface area contributed by atoms with Gasteiger partial charge in [-0.1, -0.05) is 11.2 Å². The van der Waals surface area contributed by atoms with Crippen molar-refractivity contribution in [1.29, 1.82) is 0 Å². The van der Waals surface area contributed by atoms with Crippen LogP contribution >= 0.6 is 11.8 Å². The maximum atomic E-state index is 13.6. The maximum Gasteiger partial charge on any atom is 0.152 e. The van der Waals surface area contributed by atoms with E-state index in [1.54, 1.807) is 0 Å². The molecular formula is C17H17F2NO2S. The van der Waals surface area contributed by atoms with E-state index in [1.807, 2.05) is 26.0 Å². The summed E-state index contributed by atoms with van der Waals surface area (Å²) in [5, 5.41) is 4.09. The lowest BCUT2D eigenvalue weighted by Crippen LogP contribution is -2.28. The van der Waals surface area contributed by atoms with Crippen molar-refractivity contribution in [3.05, 3.63) is 59.1 Å². The molecule has 0 amide bonds. The quantitative estimate of drug-likeness (QED) is 0.794. The molecule has 3 nitrogen and oxygen atoms in total. The summed E-state index contributed by atoms with van der Waals surface area (Å²) in [4.78, 5) is 5.53. The Labute approximate surface area is 137 Å². The molecule has 1 unspecified atom stereocenters. The highest BCUT2D eigenvalue weighted by Crippen LogP contribution is 2.32. The summed E-state index contributed by atoms with van der Waals surface area (Å²) >= 11 is 1.42. The Morgan fingerprint density at radius 3 is 2.61 bits per heavy atom. The summed E-state index contributed by atoms with van der Waals surface area (Å²) in [6.07, 6.45) is 0.604. The SMILES string of the molecule is Cc1ccc(C2=NOC(C)(CSCc3c(F)cccc3F)C2)o1. The van der Waals surface area contributed by atoms with Crippen LogP contribution in [0, 0.1) is 18.6 Å². The van der Waals surface area contributed by atoms with Gasteiger partial charge in [0.1, 0.15) is 28.7 Å². The minimum absolute atomic E-state index is 0.0990. The Morgan fingerprint density at radius 2 is 1.96 bits per heavy atom. The molecule has 2 aromatic rings. The molecule has 0 N–H and O–H groups in total. The predicted molar refractivity (Wildman–Crippen MR) is 86.6 cm³/mol. The Bertz CT molecular complexity index is 724. The molecule has 1 aliphatic rings. The first-order valence-electron chi connectivity index (χ1n) is 7.29. The molecule has 0 fully saturated rings. The van der Waals surface area contributed by atoms with Gasteiger partial charge in [-0.25, -0.2) is 8.78 Å². The van der Waals surface area contributed by atoms with E-state index in [4.69, 9.17) is 9.25 Å². The predicted octanol–water partition coefficient (Wildman–Crippen LogP) is 4.68. The summed E-state index contributed by atoms with van der Waals surface area (Å²) < 4.78 is 32.8. The van der Waals surface area contributed by atoms with Crippen LogP contribution in [0.3, 0.4) is 0 Å². The van der Waals surface area contributed by atoms with E-state index in [2.05, 4.69) is 5.16 Å². The van der Waals surface area contributed by atoms with E-state index < -0.39 is 17.2 Å². The molecule has 1 atom stereocenters. The minimum Gasteiger partial charge on any atom is -0.460 e. The lowest BCUT2D eigenvalue weighted by molar-refractivity contribution is 0.0163. The van der Waals surface area contributed by atoms with Crippen molar-refractivity contribution in [3.8, 4) is 0 Å². The third-order valence-corrected chi connectivity index (χ3v) is 4.97. The van der Waals surface area contributed by atoms with Crippen LogP contribution in [0.15, 0.2) is 39.9 Å². The van der Waals surface area contributed by atoms with Crippen LogP contribution in [0.2, 0.25) is 0 Å². The van der Waals surface area contributed by atoms with Crippen LogP contribution in [-0.2, 0) is 10.6 Å². The van der Waals surface area contributed by atoms with Crippen molar-refractivity contribution in [2.24, 2.45) is 5.16 Å². The largest absolute Gasteiger partial charge is 0.460 e. The summed E-state index contributed by atoms with van der Waals surface area (Å²) in [6.45, 7) is 3.81. The molecule has 0 saturated carbocycles. The van der Waals surface area contributed by atoms with E-state index in [0.717, 1.165) is 11.5 Å². The van der Waals surface area contributed by atoms with Crippen LogP contribution in [-0.4, -0.2) is 17.1 Å². The van der Waals surface area contributed by atoms with E-state index >= 15 is 0 Å². The number of thioether (sulfide) groups is 1. The lowest BCUT2D eigenvalue weighted by atomic mass is 10.0. The number of oxime groups is 1. The zero-order valence-electron chi connectivity index (χ0n) is 12.9. The number of aryl methyl sites for hydroxylation is 1. The molecule has 1 aromatic heterocycles. The topological polar surface area (TPSA) is 34.7 Å². The highest BCUT2D eigenvalue weighted by molar-refractivity contribution is 7.98. The third-order valence-electron chi connectivity index (χ3n) is 3.66. The molecule has 0 aliphatic carbocycles. The second-order valence-electron chi connectivity index (χ2n) is 5.86. The first kappa shape index (κ1) is 16.1. The van der Waals surface area contributed by atoms with Gasteiger partial charge < -0.3 is 9.25 Å². The van der Waals surface area contributed by atoms with Crippen molar-refractivity contribution in [1.82, 2.24) is 0 Å². The Hall–Kier alpha value is -1.82. The molecule has 2 heterocycles. The van der Waals surface area contributed by atoms with Crippen LogP contribution in [0.5, 0.6) is 0 Å². The molecule has 1 aliphatic heterocycles. The van der Waals surface area contributed by atoms with Crippen LogP contribution in [0.4, 0.5) is 8.78 Å². The summed E-state index contributed by atoms with van der Waals surface area (Å²) in [7, 11) is 0. The molecule has 0 radical (unpaired) electrons. The maximum absolute atomic E-state index is 13.6. The summed E-state index contributed by atoms with van der Waals surface area (Å²) in [5.74, 6) is 1.33. The van der Waals surface area contributed by atoms with Crippen molar-refractivity contribution in [2.75, 3.05) is 5.75 Å². The van der Waals surface area contributed by atoms with E-state index in [9.17, 15) is 8.78 Å². The number of furan rings is 1. The van der Waals surface area contributed by atoms with Gasteiger partial charge in [0.05, 0.1) is 0 Å². The first-order chi connectivity index (χ1) is 11.0. The average molecular weight is 337 g/mol. The van der Waals surface area contributed by atoms with Gasteiger partial charge in [-0.15, -0.1) is 0 Å². The Kier molecular flexibility index (Phi) is 4.43. The Morgan fingerprint density at radius 1 is 1.22 bits per heavy atom. The molecular weight excluding hydrogens is 320 g/mol. The van der Waals surface area contributed by atoms with Crippen molar-refractivity contribution in [3.63, 3.8) is 0 Å². The van der Waals surface area contributed by atoms with Gasteiger partial charge >= 0.3 is 0 Å². The molecule has 1 aromatic carbocycles. The van der Waals surface area contributed by atoms with Gasteiger partial charge in [-0.05, 0) is 38.1 Å². The first-order valence-corrected chi connectivity index (χ1v) is 8.45. The molecule has 6 heteroatoms. The highest BCUT2D eigenvalue weighted by Gasteiger charge is 2.36. The summed E-state index contributed by atoms with van der Waals surface area (Å²) in [5.41, 5.74) is 0.364. The van der Waals surface area contributed by atoms with E-state index in [1.165, 1.54) is 30.0 Å². The monoisotopic (exact) mass is 337 g/mol. The minimum atomic E-state index is -0.516. The second-order valence-corrected chi connectivity index (χ2v) is 6.84. The number of nitrogens with zero attached hydrogens (tertiary/aromatic N) is 1. The normalized spacial score (nSPS) is 20.4. The van der Waals surface area contributed by atoms with E-state index in [-0.39, 0.29) is 11.3 Å². The zero-order chi connectivity index (χ0) is 16.4. The summed E-state index contributed by atoms with van der Waals surface area (Å²) in [6, 6.07) is 7.65. The number of rotatable bonds is 5. The fourth-order valence-corrected chi connectivity index (χ4v) is 3.59. The fourth-order valence-electron chi connectivity index (χ4n) is 2.42. The number of halogens is 2. The molecule has 3 rings (SSSR count).